The molecule has 1 saturated carbocycles. The molecule has 18 heavy (non-hydrogen) atoms. The Morgan fingerprint density at radius 1 is 1.22 bits per heavy atom. The van der Waals surface area contributed by atoms with Crippen LogP contribution in [-0.4, -0.2) is 17.1 Å². The quantitative estimate of drug-likeness (QED) is 0.699. The number of nitrogen functional groups attached to an aromatic ring is 1. The van der Waals surface area contributed by atoms with Crippen LogP contribution in [0.2, 0.25) is 0 Å². The zero-order chi connectivity index (χ0) is 12.4. The Morgan fingerprint density at radius 3 is 2.83 bits per heavy atom. The van der Waals surface area contributed by atoms with Gasteiger partial charge in [0.2, 0.25) is 0 Å². The molecule has 3 heteroatoms. The highest BCUT2D eigenvalue weighted by atomic mass is 15.2. The number of nitrogens with one attached hydrogen (secondary N) is 2. The summed E-state index contributed by atoms with van der Waals surface area (Å²) in [5.74, 6) is 0.933. The fourth-order valence-corrected chi connectivity index (χ4v) is 4.44. The minimum Gasteiger partial charge on any atom is -0.397 e. The number of para-hydroxylation sites is 2. The van der Waals surface area contributed by atoms with E-state index in [-0.39, 0.29) is 0 Å². The van der Waals surface area contributed by atoms with Crippen molar-refractivity contribution < 1.29 is 0 Å². The van der Waals surface area contributed by atoms with Crippen molar-refractivity contribution in [2.75, 3.05) is 11.1 Å². The molecule has 1 aromatic rings. The molecule has 4 rings (SSSR count). The lowest BCUT2D eigenvalue weighted by atomic mass is 9.85. The van der Waals surface area contributed by atoms with Crippen LogP contribution in [0, 0.1) is 5.92 Å². The monoisotopic (exact) mass is 243 g/mol. The Kier molecular flexibility index (Phi) is 1.90. The first-order valence-electron chi connectivity index (χ1n) is 6.99. The molecule has 0 amide bonds. The number of nitrogens with two attached hydrogens (primary N) is 1. The maximum Gasteiger partial charge on any atom is 0.0576 e. The van der Waals surface area contributed by atoms with Gasteiger partial charge in [-0.1, -0.05) is 12.1 Å². The molecular weight excluding hydrogens is 222 g/mol. The van der Waals surface area contributed by atoms with Crippen LogP contribution in [0.4, 0.5) is 11.4 Å². The first-order chi connectivity index (χ1) is 8.59. The van der Waals surface area contributed by atoms with Crippen LogP contribution in [0.1, 0.15) is 32.6 Å². The predicted molar refractivity (Wildman–Crippen MR) is 74.5 cm³/mol. The molecule has 2 bridgehead atoms. The highest BCUT2D eigenvalue weighted by molar-refractivity contribution is 5.66. The summed E-state index contributed by atoms with van der Waals surface area (Å²) in [5, 5.41) is 7.54. The second-order valence-electron chi connectivity index (χ2n) is 6.78. The number of benzene rings is 1. The number of anilines is 2. The molecule has 3 fully saturated rings. The van der Waals surface area contributed by atoms with Crippen molar-refractivity contribution in [2.24, 2.45) is 5.92 Å². The first-order valence-corrected chi connectivity index (χ1v) is 6.99. The maximum atomic E-state index is 6.02. The molecule has 1 aromatic carbocycles. The first kappa shape index (κ1) is 10.7. The lowest BCUT2D eigenvalue weighted by Gasteiger charge is -2.40. The number of hydrogen-bond donors (Lipinski definition) is 3. The Balaban J connectivity index is 1.55. The Hall–Kier alpha value is -1.22. The minimum atomic E-state index is 0.350. The zero-order valence-electron chi connectivity index (χ0n) is 10.9. The third kappa shape index (κ3) is 1.46. The molecule has 1 aliphatic carbocycles. The van der Waals surface area contributed by atoms with Gasteiger partial charge >= 0.3 is 0 Å². The van der Waals surface area contributed by atoms with E-state index in [0.29, 0.717) is 17.1 Å². The molecule has 96 valence electrons. The van der Waals surface area contributed by atoms with Crippen LogP contribution >= 0.6 is 0 Å². The molecule has 3 aliphatic rings. The van der Waals surface area contributed by atoms with Gasteiger partial charge in [0.05, 0.1) is 11.4 Å². The van der Waals surface area contributed by atoms with Gasteiger partial charge in [0.25, 0.3) is 0 Å². The van der Waals surface area contributed by atoms with E-state index in [1.54, 1.807) is 0 Å². The van der Waals surface area contributed by atoms with Gasteiger partial charge in [-0.3, -0.25) is 0 Å². The number of rotatable bonds is 2. The fraction of sp³-hybridized carbons (Fsp3) is 0.600. The molecule has 2 aliphatic heterocycles. The van der Waals surface area contributed by atoms with E-state index in [9.17, 15) is 0 Å². The SMILES string of the molecule is CC12CC3CC3(C[C@@H](Nc3ccccc3N)C1)N2. The summed E-state index contributed by atoms with van der Waals surface area (Å²) in [5.41, 5.74) is 8.79. The molecule has 4 atom stereocenters. The largest absolute Gasteiger partial charge is 0.397 e. The molecule has 0 aromatic heterocycles. The van der Waals surface area contributed by atoms with E-state index >= 15 is 0 Å². The van der Waals surface area contributed by atoms with Gasteiger partial charge in [0, 0.05) is 17.1 Å². The van der Waals surface area contributed by atoms with Crippen LogP contribution in [0.5, 0.6) is 0 Å². The van der Waals surface area contributed by atoms with Crippen LogP contribution in [-0.2, 0) is 0 Å². The van der Waals surface area contributed by atoms with Crippen molar-refractivity contribution in [3.8, 4) is 0 Å². The summed E-state index contributed by atoms with van der Waals surface area (Å²) in [4.78, 5) is 0. The third-order valence-electron chi connectivity index (χ3n) is 5.11. The van der Waals surface area contributed by atoms with Gasteiger partial charge in [-0.05, 0) is 50.7 Å². The molecule has 3 unspecified atom stereocenters. The van der Waals surface area contributed by atoms with E-state index in [1.807, 2.05) is 18.2 Å². The van der Waals surface area contributed by atoms with Crippen LogP contribution < -0.4 is 16.4 Å². The van der Waals surface area contributed by atoms with E-state index < -0.39 is 0 Å². The van der Waals surface area contributed by atoms with E-state index in [0.717, 1.165) is 17.3 Å². The van der Waals surface area contributed by atoms with E-state index in [2.05, 4.69) is 23.6 Å². The standard InChI is InChI=1S/C15H21N3/c1-14-6-10-7-15(10,18-14)9-11(8-14)17-13-5-3-2-4-12(13)16/h2-5,10-11,17-18H,6-9,16H2,1H3/t10?,11-,14?,15?/m0/s1. The normalized spacial score (nSPS) is 44.5. The smallest absolute Gasteiger partial charge is 0.0576 e. The van der Waals surface area contributed by atoms with E-state index in [1.165, 1.54) is 25.7 Å². The molecule has 4 N–H and O–H groups in total. The van der Waals surface area contributed by atoms with Gasteiger partial charge < -0.3 is 16.4 Å². The van der Waals surface area contributed by atoms with Crippen LogP contribution in [0.15, 0.2) is 24.3 Å². The molecule has 3 nitrogen and oxygen atoms in total. The number of piperidine rings is 2. The Labute approximate surface area is 108 Å². The maximum absolute atomic E-state index is 6.02. The van der Waals surface area contributed by atoms with Crippen molar-refractivity contribution in [3.63, 3.8) is 0 Å². The molecule has 2 saturated heterocycles. The lowest BCUT2D eigenvalue weighted by Crippen LogP contribution is -2.54. The van der Waals surface area contributed by atoms with Crippen LogP contribution in [0.3, 0.4) is 0 Å². The van der Waals surface area contributed by atoms with Gasteiger partial charge in [-0.25, -0.2) is 0 Å². The zero-order valence-corrected chi connectivity index (χ0v) is 10.9. The number of fused-ring (bicyclic) bond motifs is 1. The molecule has 1 spiro atoms. The summed E-state index contributed by atoms with van der Waals surface area (Å²) in [6.07, 6.45) is 5.20. The molecule has 2 heterocycles. The van der Waals surface area contributed by atoms with Crippen molar-refractivity contribution in [2.45, 2.75) is 49.7 Å². The van der Waals surface area contributed by atoms with Crippen molar-refractivity contribution in [3.05, 3.63) is 24.3 Å². The highest BCUT2D eigenvalue weighted by Crippen LogP contribution is 2.61. The average Bonchev–Trinajstić information content (AvgIpc) is 2.84. The molecule has 0 radical (unpaired) electrons. The van der Waals surface area contributed by atoms with Crippen LogP contribution in [0.25, 0.3) is 0 Å². The van der Waals surface area contributed by atoms with Gasteiger partial charge in [-0.15, -0.1) is 0 Å². The second-order valence-corrected chi connectivity index (χ2v) is 6.78. The summed E-state index contributed by atoms with van der Waals surface area (Å²) in [6, 6.07) is 8.66. The topological polar surface area (TPSA) is 50.1 Å². The third-order valence-corrected chi connectivity index (χ3v) is 5.11. The van der Waals surface area contributed by atoms with Gasteiger partial charge in [0.1, 0.15) is 0 Å². The van der Waals surface area contributed by atoms with Gasteiger partial charge in [-0.2, -0.15) is 0 Å². The van der Waals surface area contributed by atoms with Crippen molar-refractivity contribution >= 4 is 11.4 Å². The minimum absolute atomic E-state index is 0.350. The van der Waals surface area contributed by atoms with Crippen molar-refractivity contribution in [1.82, 2.24) is 5.32 Å². The Bertz CT molecular complexity index is 494. The fourth-order valence-electron chi connectivity index (χ4n) is 4.44. The van der Waals surface area contributed by atoms with Gasteiger partial charge in [0.15, 0.2) is 0 Å². The highest BCUT2D eigenvalue weighted by Gasteiger charge is 2.66. The summed E-state index contributed by atoms with van der Waals surface area (Å²) in [6.45, 7) is 2.38. The van der Waals surface area contributed by atoms with Crippen molar-refractivity contribution in [1.29, 1.82) is 0 Å². The molecular formula is C15H21N3. The average molecular weight is 243 g/mol. The van der Waals surface area contributed by atoms with E-state index in [4.69, 9.17) is 5.73 Å². The number of hydrogen-bond acceptors (Lipinski definition) is 3. The summed E-state index contributed by atoms with van der Waals surface area (Å²) >= 11 is 0. The lowest BCUT2D eigenvalue weighted by molar-refractivity contribution is 0.238. The second kappa shape index (κ2) is 3.21. The summed E-state index contributed by atoms with van der Waals surface area (Å²) < 4.78 is 0. The predicted octanol–water partition coefficient (Wildman–Crippen LogP) is 2.35. The summed E-state index contributed by atoms with van der Waals surface area (Å²) in [7, 11) is 0. The Morgan fingerprint density at radius 2 is 2.06 bits per heavy atom.